The fourth-order valence-electron chi connectivity index (χ4n) is 3.07. The highest BCUT2D eigenvalue weighted by molar-refractivity contribution is 5.95. The number of aromatic nitrogens is 5. The topological polar surface area (TPSA) is 108 Å². The predicted molar refractivity (Wildman–Crippen MR) is 108 cm³/mol. The molecular weight excluding hydrogens is 372 g/mol. The Morgan fingerprint density at radius 1 is 1.24 bits per heavy atom. The lowest BCUT2D eigenvalue weighted by Gasteiger charge is -2.15. The average molecular weight is 392 g/mol. The van der Waals surface area contributed by atoms with Crippen molar-refractivity contribution in [3.63, 3.8) is 0 Å². The van der Waals surface area contributed by atoms with Crippen molar-refractivity contribution in [1.82, 2.24) is 24.8 Å². The van der Waals surface area contributed by atoms with Gasteiger partial charge in [-0.2, -0.15) is 5.10 Å². The third-order valence-corrected chi connectivity index (χ3v) is 4.49. The fraction of sp³-hybridized carbons (Fsp3) is 0.200. The minimum atomic E-state index is -0.525. The molecule has 4 rings (SSSR count). The van der Waals surface area contributed by atoms with Crippen LogP contribution in [0.1, 0.15) is 23.0 Å². The van der Waals surface area contributed by atoms with Crippen LogP contribution >= 0.6 is 0 Å². The molecule has 0 unspecified atom stereocenters. The van der Waals surface area contributed by atoms with Gasteiger partial charge in [0.15, 0.2) is 11.5 Å². The van der Waals surface area contributed by atoms with Crippen molar-refractivity contribution in [1.29, 1.82) is 0 Å². The van der Waals surface area contributed by atoms with Gasteiger partial charge < -0.3 is 9.64 Å². The smallest absolute Gasteiger partial charge is 0.343 e. The monoisotopic (exact) mass is 392 g/mol. The van der Waals surface area contributed by atoms with Gasteiger partial charge in [0, 0.05) is 25.4 Å². The molecule has 2 N–H and O–H groups in total. The van der Waals surface area contributed by atoms with Gasteiger partial charge in [0.05, 0.1) is 24.5 Å². The molecule has 0 saturated heterocycles. The van der Waals surface area contributed by atoms with Gasteiger partial charge in [-0.3, -0.25) is 15.0 Å². The van der Waals surface area contributed by atoms with E-state index in [1.165, 1.54) is 16.8 Å². The zero-order valence-corrected chi connectivity index (χ0v) is 16.0. The van der Waals surface area contributed by atoms with E-state index in [-0.39, 0.29) is 23.4 Å². The van der Waals surface area contributed by atoms with Crippen molar-refractivity contribution in [2.45, 2.75) is 13.5 Å². The first-order valence-electron chi connectivity index (χ1n) is 9.16. The number of anilines is 1. The van der Waals surface area contributed by atoms with Crippen LogP contribution in [0.4, 0.5) is 5.82 Å². The Morgan fingerprint density at radius 3 is 2.79 bits per heavy atom. The summed E-state index contributed by atoms with van der Waals surface area (Å²) in [6.07, 6.45) is 1.43. The molecule has 4 aromatic rings. The lowest BCUT2D eigenvalue weighted by Crippen LogP contribution is -2.22. The summed E-state index contributed by atoms with van der Waals surface area (Å²) in [6, 6.07) is 13.2. The molecule has 0 aliphatic heterocycles. The number of H-pyrrole nitrogens is 2. The molecule has 3 aromatic heterocycles. The molecule has 29 heavy (non-hydrogen) atoms. The van der Waals surface area contributed by atoms with Gasteiger partial charge in [0.25, 0.3) is 5.56 Å². The molecule has 0 fully saturated rings. The Balaban J connectivity index is 1.61. The van der Waals surface area contributed by atoms with Crippen molar-refractivity contribution in [2.24, 2.45) is 0 Å². The maximum absolute atomic E-state index is 12.4. The second-order valence-electron chi connectivity index (χ2n) is 6.51. The average Bonchev–Trinajstić information content (AvgIpc) is 3.37. The zero-order chi connectivity index (χ0) is 20.4. The molecule has 148 valence electrons. The summed E-state index contributed by atoms with van der Waals surface area (Å²) >= 11 is 0. The quantitative estimate of drug-likeness (QED) is 0.487. The van der Waals surface area contributed by atoms with Crippen LogP contribution in [0.2, 0.25) is 0 Å². The highest BCUT2D eigenvalue weighted by Gasteiger charge is 2.17. The van der Waals surface area contributed by atoms with E-state index in [9.17, 15) is 9.59 Å². The molecule has 0 atom stereocenters. The van der Waals surface area contributed by atoms with Crippen LogP contribution in [-0.2, 0) is 11.3 Å². The summed E-state index contributed by atoms with van der Waals surface area (Å²) in [5.41, 5.74) is 2.61. The molecule has 0 bridgehead atoms. The van der Waals surface area contributed by atoms with E-state index in [1.54, 1.807) is 6.92 Å². The molecule has 0 aliphatic carbocycles. The molecule has 3 heterocycles. The normalized spacial score (nSPS) is 11.0. The molecule has 0 saturated carbocycles. The Kier molecular flexibility index (Phi) is 4.86. The fourth-order valence-corrected chi connectivity index (χ4v) is 3.07. The first-order chi connectivity index (χ1) is 14.1. The summed E-state index contributed by atoms with van der Waals surface area (Å²) in [4.78, 5) is 30.9. The third-order valence-electron chi connectivity index (χ3n) is 4.49. The van der Waals surface area contributed by atoms with Crippen molar-refractivity contribution in [3.05, 3.63) is 70.3 Å². The van der Waals surface area contributed by atoms with E-state index in [2.05, 4.69) is 20.3 Å². The zero-order valence-electron chi connectivity index (χ0n) is 16.0. The number of ether oxygens (including phenoxy) is 1. The maximum atomic E-state index is 12.4. The van der Waals surface area contributed by atoms with E-state index in [4.69, 9.17) is 4.74 Å². The van der Waals surface area contributed by atoms with Gasteiger partial charge in [-0.05, 0) is 12.5 Å². The summed E-state index contributed by atoms with van der Waals surface area (Å²) in [6.45, 7) is 2.31. The van der Waals surface area contributed by atoms with Crippen LogP contribution in [0.15, 0.2) is 53.5 Å². The number of rotatable bonds is 6. The van der Waals surface area contributed by atoms with Gasteiger partial charge in [0.1, 0.15) is 5.56 Å². The number of hydrogen-bond donors (Lipinski definition) is 2. The standard InChI is InChI=1S/C20H20N6O3/c1-3-29-20(28)15-11-21-26-18(27)9-14(22-19(15)26)12-25(2)17-10-16(23-24-17)13-7-5-4-6-8-13/h4-11,21H,3,12H2,1-2H3,(H,23,24). The van der Waals surface area contributed by atoms with Gasteiger partial charge >= 0.3 is 5.97 Å². The summed E-state index contributed by atoms with van der Waals surface area (Å²) in [7, 11) is 1.86. The van der Waals surface area contributed by atoms with Gasteiger partial charge in [0.2, 0.25) is 0 Å². The minimum absolute atomic E-state index is 0.222. The molecule has 9 nitrogen and oxygen atoms in total. The van der Waals surface area contributed by atoms with E-state index < -0.39 is 5.97 Å². The number of hydrogen-bond acceptors (Lipinski definition) is 6. The molecule has 0 aliphatic rings. The van der Waals surface area contributed by atoms with Crippen molar-refractivity contribution < 1.29 is 9.53 Å². The number of benzene rings is 1. The highest BCUT2D eigenvalue weighted by atomic mass is 16.5. The minimum Gasteiger partial charge on any atom is -0.462 e. The largest absolute Gasteiger partial charge is 0.462 e. The second kappa shape index (κ2) is 7.63. The van der Waals surface area contributed by atoms with Crippen molar-refractivity contribution in [2.75, 3.05) is 18.6 Å². The number of nitrogens with zero attached hydrogens (tertiary/aromatic N) is 4. The summed E-state index contributed by atoms with van der Waals surface area (Å²) in [5, 5.41) is 10.1. The molecule has 9 heteroatoms. The lowest BCUT2D eigenvalue weighted by molar-refractivity contribution is 0.0528. The number of aromatic amines is 2. The second-order valence-corrected chi connectivity index (χ2v) is 6.51. The molecule has 0 amide bonds. The van der Waals surface area contributed by atoms with Crippen molar-refractivity contribution >= 4 is 17.4 Å². The first-order valence-corrected chi connectivity index (χ1v) is 9.16. The van der Waals surface area contributed by atoms with Gasteiger partial charge in [-0.25, -0.2) is 14.3 Å². The molecule has 0 radical (unpaired) electrons. The van der Waals surface area contributed by atoms with Gasteiger partial charge in [-0.1, -0.05) is 30.3 Å². The summed E-state index contributed by atoms with van der Waals surface area (Å²) < 4.78 is 6.25. The Hall–Kier alpha value is -3.88. The number of carbonyl (C=O) groups is 1. The van der Waals surface area contributed by atoms with Crippen LogP contribution in [0.5, 0.6) is 0 Å². The van der Waals surface area contributed by atoms with Crippen LogP contribution in [-0.4, -0.2) is 44.4 Å². The van der Waals surface area contributed by atoms with E-state index in [0.29, 0.717) is 18.1 Å². The van der Waals surface area contributed by atoms with Crippen LogP contribution in [0.3, 0.4) is 0 Å². The van der Waals surface area contributed by atoms with E-state index >= 15 is 0 Å². The Labute approximate surface area is 165 Å². The Bertz CT molecular complexity index is 1210. The van der Waals surface area contributed by atoms with Crippen LogP contribution < -0.4 is 10.5 Å². The van der Waals surface area contributed by atoms with Crippen LogP contribution in [0.25, 0.3) is 16.9 Å². The number of nitrogens with one attached hydrogen (secondary N) is 2. The third kappa shape index (κ3) is 3.62. The molecule has 0 spiro atoms. The lowest BCUT2D eigenvalue weighted by atomic mass is 10.1. The SMILES string of the molecule is CCOC(=O)c1c[nH]n2c(=O)cc(CN(C)c3cc(-c4ccccc4)[nH]n3)nc12. The van der Waals surface area contributed by atoms with Crippen molar-refractivity contribution in [3.8, 4) is 11.3 Å². The van der Waals surface area contributed by atoms with E-state index in [0.717, 1.165) is 11.3 Å². The van der Waals surface area contributed by atoms with Gasteiger partial charge in [-0.15, -0.1) is 0 Å². The number of fused-ring (bicyclic) bond motifs is 1. The molecule has 1 aromatic carbocycles. The number of esters is 1. The first kappa shape index (κ1) is 18.5. The number of carbonyl (C=O) groups excluding carboxylic acids is 1. The van der Waals surface area contributed by atoms with Crippen LogP contribution in [0, 0.1) is 0 Å². The Morgan fingerprint density at radius 2 is 2.03 bits per heavy atom. The molecular formula is C20H20N6O3. The predicted octanol–water partition coefficient (Wildman–Crippen LogP) is 2.23. The maximum Gasteiger partial charge on any atom is 0.343 e. The summed E-state index contributed by atoms with van der Waals surface area (Å²) in [5.74, 6) is 0.189. The van der Waals surface area contributed by atoms with E-state index in [1.807, 2.05) is 48.3 Å². The highest BCUT2D eigenvalue weighted by Crippen LogP contribution is 2.21.